The highest BCUT2D eigenvalue weighted by Crippen LogP contribution is 2.22. The first-order chi connectivity index (χ1) is 10.7. The van der Waals surface area contributed by atoms with Crippen LogP contribution in [0.5, 0.6) is 0 Å². The highest BCUT2D eigenvalue weighted by molar-refractivity contribution is 6.09. The molecule has 2 aromatic rings. The average molecular weight is 401 g/mol. The van der Waals surface area contributed by atoms with Crippen LogP contribution in [0, 0.1) is 3.57 Å². The molecule has 0 saturated carbocycles. The quantitative estimate of drug-likeness (QED) is 0.434. The molecule has 0 spiro atoms. The molecule has 0 radical (unpaired) electrons. The molecule has 0 fully saturated rings. The molecule has 1 aliphatic rings. The Labute approximate surface area is 142 Å². The van der Waals surface area contributed by atoms with E-state index >= 15 is 0 Å². The van der Waals surface area contributed by atoms with Crippen molar-refractivity contribution in [2.75, 3.05) is 0 Å². The van der Waals surface area contributed by atoms with Crippen molar-refractivity contribution in [3.63, 3.8) is 0 Å². The predicted molar refractivity (Wildman–Crippen MR) is 85.9 cm³/mol. The lowest BCUT2D eigenvalue weighted by Crippen LogP contribution is -3.61. The van der Waals surface area contributed by atoms with Gasteiger partial charge in [-0.25, -0.2) is 0 Å². The summed E-state index contributed by atoms with van der Waals surface area (Å²) in [5.41, 5.74) is 3.21. The first-order valence-electron chi connectivity index (χ1n) is 7.41. The van der Waals surface area contributed by atoms with Crippen molar-refractivity contribution in [2.45, 2.75) is 19.8 Å². The Morgan fingerprint density at radius 1 is 0.955 bits per heavy atom. The number of allylic oxidation sites excluding steroid dienone is 4. The molecular formula is C20H18IO+. The van der Waals surface area contributed by atoms with Gasteiger partial charge in [0.25, 0.3) is 0 Å². The number of benzene rings is 2. The van der Waals surface area contributed by atoms with Crippen LogP contribution in [0.15, 0.2) is 81.5 Å². The fraction of sp³-hybridized carbons (Fsp3) is 0.150. The van der Waals surface area contributed by atoms with Crippen LogP contribution < -0.4 is 21.2 Å². The van der Waals surface area contributed by atoms with Gasteiger partial charge in [0.15, 0.2) is 12.9 Å². The van der Waals surface area contributed by atoms with E-state index in [-0.39, 0.29) is 27.0 Å². The maximum absolute atomic E-state index is 12.8. The normalized spacial score (nSPS) is 14.7. The highest BCUT2D eigenvalue weighted by atomic mass is 127. The van der Waals surface area contributed by atoms with Gasteiger partial charge in [-0.1, -0.05) is 60.2 Å². The predicted octanol–water partition coefficient (Wildman–Crippen LogP) is 1.82. The molecule has 0 aromatic heterocycles. The zero-order valence-electron chi connectivity index (χ0n) is 12.6. The van der Waals surface area contributed by atoms with Gasteiger partial charge >= 0.3 is 21.2 Å². The van der Waals surface area contributed by atoms with Crippen LogP contribution >= 0.6 is 0 Å². The molecule has 0 atom stereocenters. The summed E-state index contributed by atoms with van der Waals surface area (Å²) in [6, 6.07) is 20.2. The molecule has 110 valence electrons. The van der Waals surface area contributed by atoms with Gasteiger partial charge in [0.1, 0.15) is 0 Å². The number of hydrogen-bond donors (Lipinski definition) is 0. The van der Waals surface area contributed by atoms with Gasteiger partial charge in [-0.3, -0.25) is 4.79 Å². The summed E-state index contributed by atoms with van der Waals surface area (Å²) >= 11 is -0.269. The molecule has 3 rings (SSSR count). The van der Waals surface area contributed by atoms with Crippen molar-refractivity contribution in [3.8, 4) is 0 Å². The zero-order valence-corrected chi connectivity index (χ0v) is 14.7. The second-order valence-corrected chi connectivity index (χ2v) is 8.49. The van der Waals surface area contributed by atoms with Crippen molar-refractivity contribution >= 4 is 5.78 Å². The molecule has 0 amide bonds. The van der Waals surface area contributed by atoms with Gasteiger partial charge in [-0.2, -0.15) is 0 Å². The largest absolute Gasteiger partial charge is 0.353 e. The first kappa shape index (κ1) is 15.2. The molecule has 0 N–H and O–H groups in total. The SMILES string of the molecule is CC1=CCC(C(=O)c2ccccc2)=C([I+]c2ccccc2)C1. The number of carbonyl (C=O) groups excluding carboxylic acids is 1. The summed E-state index contributed by atoms with van der Waals surface area (Å²) in [6.45, 7) is 2.17. The second kappa shape index (κ2) is 7.05. The number of rotatable bonds is 4. The Balaban J connectivity index is 1.93. The monoisotopic (exact) mass is 401 g/mol. The number of hydrogen-bond acceptors (Lipinski definition) is 1. The van der Waals surface area contributed by atoms with Crippen LogP contribution in [-0.4, -0.2) is 5.78 Å². The Bertz CT molecular complexity index is 727. The minimum atomic E-state index is -0.269. The van der Waals surface area contributed by atoms with Crippen LogP contribution in [-0.2, 0) is 0 Å². The Morgan fingerprint density at radius 2 is 1.59 bits per heavy atom. The molecule has 1 aliphatic carbocycles. The Kier molecular flexibility index (Phi) is 4.88. The van der Waals surface area contributed by atoms with E-state index in [0.717, 1.165) is 24.0 Å². The molecule has 0 saturated heterocycles. The van der Waals surface area contributed by atoms with Gasteiger partial charge in [-0.15, -0.1) is 0 Å². The molecule has 1 nitrogen and oxygen atoms in total. The first-order valence-corrected chi connectivity index (χ1v) is 9.57. The van der Waals surface area contributed by atoms with E-state index in [1.165, 1.54) is 12.7 Å². The maximum atomic E-state index is 12.8. The third kappa shape index (κ3) is 3.55. The van der Waals surface area contributed by atoms with Crippen molar-refractivity contribution in [2.24, 2.45) is 0 Å². The van der Waals surface area contributed by atoms with Crippen molar-refractivity contribution in [1.82, 2.24) is 0 Å². The van der Waals surface area contributed by atoms with Crippen LogP contribution in [0.1, 0.15) is 30.1 Å². The number of halogens is 1. The van der Waals surface area contributed by atoms with Gasteiger partial charge in [-0.05, 0) is 25.5 Å². The molecule has 0 unspecified atom stereocenters. The molecule has 2 aromatic carbocycles. The molecule has 0 bridgehead atoms. The van der Waals surface area contributed by atoms with Crippen LogP contribution in [0.3, 0.4) is 0 Å². The van der Waals surface area contributed by atoms with E-state index in [9.17, 15) is 4.79 Å². The van der Waals surface area contributed by atoms with Gasteiger partial charge in [0.2, 0.25) is 0 Å². The summed E-state index contributed by atoms with van der Waals surface area (Å²) in [4.78, 5) is 12.8. The second-order valence-electron chi connectivity index (χ2n) is 5.40. The standard InChI is InChI=1S/C20H18IO/c1-15-12-13-18(20(22)16-8-4-2-5-9-16)19(14-15)21-17-10-6-3-7-11-17/h2-12H,13-14H2,1H3/q+1. The number of Topliss-reactive ketones (excluding diaryl/α,β-unsaturated/α-hetero) is 1. The van der Waals surface area contributed by atoms with Crippen molar-refractivity contribution in [3.05, 3.63) is 90.6 Å². The number of ketones is 1. The maximum Gasteiger partial charge on any atom is 0.353 e. The lowest BCUT2D eigenvalue weighted by molar-refractivity contribution is -0.579. The zero-order chi connectivity index (χ0) is 15.4. The van der Waals surface area contributed by atoms with Crippen molar-refractivity contribution in [1.29, 1.82) is 0 Å². The van der Waals surface area contributed by atoms with Crippen LogP contribution in [0.2, 0.25) is 0 Å². The van der Waals surface area contributed by atoms with E-state index in [1.807, 2.05) is 36.4 Å². The summed E-state index contributed by atoms with van der Waals surface area (Å²) < 4.78 is 2.75. The minimum Gasteiger partial charge on any atom is -0.289 e. The van der Waals surface area contributed by atoms with E-state index in [4.69, 9.17) is 0 Å². The highest BCUT2D eigenvalue weighted by Gasteiger charge is 2.29. The fourth-order valence-electron chi connectivity index (χ4n) is 2.49. The summed E-state index contributed by atoms with van der Waals surface area (Å²) in [5.74, 6) is 0.204. The number of carbonyl (C=O) groups is 1. The smallest absolute Gasteiger partial charge is 0.289 e. The average Bonchev–Trinajstić information content (AvgIpc) is 2.56. The minimum absolute atomic E-state index is 0.204. The Hall–Kier alpha value is -1.68. The molecule has 0 heterocycles. The van der Waals surface area contributed by atoms with Crippen LogP contribution in [0.4, 0.5) is 0 Å². The van der Waals surface area contributed by atoms with Crippen molar-refractivity contribution < 1.29 is 26.0 Å². The fourth-order valence-corrected chi connectivity index (χ4v) is 5.60. The lowest BCUT2D eigenvalue weighted by Gasteiger charge is -2.11. The third-order valence-corrected chi connectivity index (χ3v) is 6.71. The van der Waals surface area contributed by atoms with Gasteiger partial charge < -0.3 is 0 Å². The topological polar surface area (TPSA) is 17.1 Å². The summed E-state index contributed by atoms with van der Waals surface area (Å²) in [5, 5.41) is 0. The molecule has 0 aliphatic heterocycles. The molecule has 2 heteroatoms. The van der Waals surface area contributed by atoms with E-state index in [1.54, 1.807) is 0 Å². The Morgan fingerprint density at radius 3 is 2.27 bits per heavy atom. The van der Waals surface area contributed by atoms with Gasteiger partial charge in [0.05, 0.1) is 5.57 Å². The van der Waals surface area contributed by atoms with Crippen LogP contribution in [0.25, 0.3) is 0 Å². The van der Waals surface area contributed by atoms with Gasteiger partial charge in [0, 0.05) is 12.0 Å². The summed E-state index contributed by atoms with van der Waals surface area (Å²) in [7, 11) is 0. The van der Waals surface area contributed by atoms with E-state index in [0.29, 0.717) is 0 Å². The van der Waals surface area contributed by atoms with E-state index < -0.39 is 0 Å². The third-order valence-electron chi connectivity index (χ3n) is 3.68. The van der Waals surface area contributed by atoms with E-state index in [2.05, 4.69) is 37.3 Å². The lowest BCUT2D eigenvalue weighted by atomic mass is 9.94. The molecule has 22 heavy (non-hydrogen) atoms. The molecular weight excluding hydrogens is 383 g/mol. The summed E-state index contributed by atoms with van der Waals surface area (Å²) in [6.07, 6.45) is 3.94.